The summed E-state index contributed by atoms with van der Waals surface area (Å²) in [5, 5.41) is 4.57. The van der Waals surface area contributed by atoms with Crippen LogP contribution in [0.2, 0.25) is 0 Å². The number of guanidine groups is 1. The van der Waals surface area contributed by atoms with Crippen LogP contribution in [-0.2, 0) is 13.1 Å². The maximum atomic E-state index is 4.44. The van der Waals surface area contributed by atoms with E-state index in [9.17, 15) is 0 Å². The molecular weight excluding hydrogens is 318 g/mol. The molecule has 1 N–H and O–H groups in total. The Morgan fingerprint density at radius 3 is 2.58 bits per heavy atom. The van der Waals surface area contributed by atoms with Gasteiger partial charge in [-0.15, -0.1) is 11.3 Å². The summed E-state index contributed by atoms with van der Waals surface area (Å²) >= 11 is 1.73. The molecule has 6 heteroatoms. The van der Waals surface area contributed by atoms with E-state index in [4.69, 9.17) is 0 Å². The number of piperazine rings is 1. The third-order valence-corrected chi connectivity index (χ3v) is 5.14. The van der Waals surface area contributed by atoms with Crippen molar-refractivity contribution in [1.82, 2.24) is 20.1 Å². The van der Waals surface area contributed by atoms with Crippen LogP contribution in [0.5, 0.6) is 0 Å². The van der Waals surface area contributed by atoms with E-state index in [2.05, 4.69) is 55.4 Å². The highest BCUT2D eigenvalue weighted by atomic mass is 32.1. The summed E-state index contributed by atoms with van der Waals surface area (Å²) in [6.07, 6.45) is 1.94. The van der Waals surface area contributed by atoms with Crippen LogP contribution in [0.1, 0.15) is 15.4 Å². The third-order valence-electron chi connectivity index (χ3n) is 4.22. The molecule has 1 saturated heterocycles. The molecular formula is C18H25N5S. The average molecular weight is 344 g/mol. The van der Waals surface area contributed by atoms with Crippen LogP contribution >= 0.6 is 11.3 Å². The van der Waals surface area contributed by atoms with E-state index >= 15 is 0 Å². The molecule has 24 heavy (non-hydrogen) atoms. The fourth-order valence-electron chi connectivity index (χ4n) is 2.94. The van der Waals surface area contributed by atoms with Crippen LogP contribution in [-0.4, -0.2) is 54.0 Å². The second-order valence-corrected chi connectivity index (χ2v) is 7.31. The molecule has 5 nitrogen and oxygen atoms in total. The van der Waals surface area contributed by atoms with Crippen molar-refractivity contribution in [3.8, 4) is 0 Å². The molecule has 0 saturated carbocycles. The molecule has 0 amide bonds. The van der Waals surface area contributed by atoms with Crippen LogP contribution in [0.4, 0.5) is 0 Å². The van der Waals surface area contributed by atoms with Gasteiger partial charge >= 0.3 is 0 Å². The van der Waals surface area contributed by atoms with Gasteiger partial charge in [-0.3, -0.25) is 9.89 Å². The molecule has 0 radical (unpaired) electrons. The first kappa shape index (κ1) is 16.9. The minimum absolute atomic E-state index is 0.794. The Bertz CT molecular complexity index is 659. The number of hydrogen-bond acceptors (Lipinski definition) is 4. The van der Waals surface area contributed by atoms with Crippen LogP contribution in [0, 0.1) is 6.92 Å². The van der Waals surface area contributed by atoms with E-state index in [0.717, 1.165) is 50.2 Å². The topological polar surface area (TPSA) is 43.8 Å². The van der Waals surface area contributed by atoms with E-state index in [1.165, 1.54) is 10.4 Å². The average Bonchev–Trinajstić information content (AvgIpc) is 3.03. The minimum Gasteiger partial charge on any atom is -0.351 e. The molecule has 0 bridgehead atoms. The zero-order valence-corrected chi connectivity index (χ0v) is 15.2. The smallest absolute Gasteiger partial charge is 0.194 e. The van der Waals surface area contributed by atoms with E-state index in [1.807, 2.05) is 20.2 Å². The fourth-order valence-corrected chi connectivity index (χ4v) is 3.68. The third kappa shape index (κ3) is 4.55. The molecule has 1 aliphatic rings. The molecule has 128 valence electrons. The van der Waals surface area contributed by atoms with E-state index in [-0.39, 0.29) is 0 Å². The van der Waals surface area contributed by atoms with Gasteiger partial charge in [-0.05, 0) is 12.5 Å². The number of nitrogens with zero attached hydrogens (tertiary/aromatic N) is 4. The van der Waals surface area contributed by atoms with E-state index in [1.54, 1.807) is 11.3 Å². The van der Waals surface area contributed by atoms with Crippen molar-refractivity contribution < 1.29 is 0 Å². The number of aryl methyl sites for hydroxylation is 1. The quantitative estimate of drug-likeness (QED) is 0.684. The van der Waals surface area contributed by atoms with Crippen LogP contribution in [0.3, 0.4) is 0 Å². The lowest BCUT2D eigenvalue weighted by Gasteiger charge is -2.36. The van der Waals surface area contributed by atoms with Crippen LogP contribution in [0.25, 0.3) is 0 Å². The monoisotopic (exact) mass is 343 g/mol. The Hall–Kier alpha value is -1.92. The van der Waals surface area contributed by atoms with Crippen molar-refractivity contribution in [2.75, 3.05) is 33.2 Å². The maximum absolute atomic E-state index is 4.44. The maximum Gasteiger partial charge on any atom is 0.194 e. The highest BCUT2D eigenvalue weighted by Crippen LogP contribution is 2.12. The van der Waals surface area contributed by atoms with Gasteiger partial charge in [0.1, 0.15) is 0 Å². The lowest BCUT2D eigenvalue weighted by molar-refractivity contribution is 0.172. The van der Waals surface area contributed by atoms with Gasteiger partial charge in [-0.2, -0.15) is 0 Å². The highest BCUT2D eigenvalue weighted by Gasteiger charge is 2.19. The van der Waals surface area contributed by atoms with Crippen molar-refractivity contribution in [2.45, 2.75) is 20.0 Å². The summed E-state index contributed by atoms with van der Waals surface area (Å²) in [4.78, 5) is 14.8. The van der Waals surface area contributed by atoms with Gasteiger partial charge < -0.3 is 10.2 Å². The molecule has 0 atom stereocenters. The number of aliphatic imine (C=N–C) groups is 1. The summed E-state index contributed by atoms with van der Waals surface area (Å²) < 4.78 is 0. The highest BCUT2D eigenvalue weighted by molar-refractivity contribution is 7.11. The van der Waals surface area contributed by atoms with Crippen molar-refractivity contribution in [2.24, 2.45) is 4.99 Å². The van der Waals surface area contributed by atoms with Gasteiger partial charge in [0.25, 0.3) is 0 Å². The minimum atomic E-state index is 0.794. The molecule has 0 spiro atoms. The largest absolute Gasteiger partial charge is 0.351 e. The summed E-state index contributed by atoms with van der Waals surface area (Å²) in [6, 6.07) is 10.7. The summed E-state index contributed by atoms with van der Waals surface area (Å²) in [7, 11) is 1.86. The first-order valence-corrected chi connectivity index (χ1v) is 9.19. The lowest BCUT2D eigenvalue weighted by atomic mass is 10.2. The number of hydrogen-bond donors (Lipinski definition) is 1. The molecule has 1 aromatic heterocycles. The Kier molecular flexibility index (Phi) is 5.82. The van der Waals surface area contributed by atoms with Gasteiger partial charge in [0.15, 0.2) is 5.96 Å². The van der Waals surface area contributed by atoms with Crippen molar-refractivity contribution in [3.63, 3.8) is 0 Å². The zero-order chi connectivity index (χ0) is 16.8. The van der Waals surface area contributed by atoms with Gasteiger partial charge in [0, 0.05) is 50.8 Å². The van der Waals surface area contributed by atoms with Crippen LogP contribution < -0.4 is 5.32 Å². The lowest BCUT2D eigenvalue weighted by Crippen LogP contribution is -2.52. The molecule has 1 fully saturated rings. The molecule has 2 aromatic rings. The van der Waals surface area contributed by atoms with Gasteiger partial charge in [-0.25, -0.2) is 4.98 Å². The number of benzene rings is 1. The number of aromatic nitrogens is 1. The summed E-state index contributed by atoms with van der Waals surface area (Å²) in [6.45, 7) is 8.01. The first-order valence-electron chi connectivity index (χ1n) is 8.38. The second kappa shape index (κ2) is 8.26. The van der Waals surface area contributed by atoms with Crippen LogP contribution in [0.15, 0.2) is 41.5 Å². The Morgan fingerprint density at radius 2 is 1.96 bits per heavy atom. The summed E-state index contributed by atoms with van der Waals surface area (Å²) in [5.74, 6) is 0.986. The molecule has 0 unspecified atom stereocenters. The number of nitrogens with one attached hydrogen (secondary N) is 1. The van der Waals surface area contributed by atoms with E-state index < -0.39 is 0 Å². The number of thiazole rings is 1. The molecule has 0 aliphatic carbocycles. The zero-order valence-electron chi connectivity index (χ0n) is 14.4. The predicted molar refractivity (Wildman–Crippen MR) is 100 cm³/mol. The van der Waals surface area contributed by atoms with Gasteiger partial charge in [-0.1, -0.05) is 30.3 Å². The van der Waals surface area contributed by atoms with Gasteiger partial charge in [0.2, 0.25) is 0 Å². The van der Waals surface area contributed by atoms with Gasteiger partial charge in [0.05, 0.1) is 11.6 Å². The Morgan fingerprint density at radius 1 is 1.21 bits per heavy atom. The van der Waals surface area contributed by atoms with Crippen molar-refractivity contribution in [1.29, 1.82) is 0 Å². The molecule has 3 rings (SSSR count). The normalized spacial score (nSPS) is 16.4. The predicted octanol–water partition coefficient (Wildman–Crippen LogP) is 2.34. The molecule has 1 aromatic carbocycles. The van der Waals surface area contributed by atoms with Crippen molar-refractivity contribution in [3.05, 3.63) is 52.0 Å². The molecule has 2 heterocycles. The van der Waals surface area contributed by atoms with Crippen molar-refractivity contribution >= 4 is 17.3 Å². The fraction of sp³-hybridized carbons (Fsp3) is 0.444. The SMILES string of the molecule is CN=C(NCc1cnc(C)s1)N1CCN(Cc2ccccc2)CC1. The first-order chi connectivity index (χ1) is 11.7. The van der Waals surface area contributed by atoms with E-state index in [0.29, 0.717) is 0 Å². The number of rotatable bonds is 4. The Balaban J connectivity index is 1.47. The second-order valence-electron chi connectivity index (χ2n) is 6.00. The Labute approximate surface area is 148 Å². The standard InChI is InChI=1S/C18H25N5S/c1-15-20-12-17(24-15)13-21-18(19-2)23-10-8-22(9-11-23)14-16-6-4-3-5-7-16/h3-7,12H,8-11,13-14H2,1-2H3,(H,19,21). The summed E-state index contributed by atoms with van der Waals surface area (Å²) in [5.41, 5.74) is 1.38. The molecule has 1 aliphatic heterocycles.